The maximum atomic E-state index is 11.6. The number of aromatic nitrogens is 3. The summed E-state index contributed by atoms with van der Waals surface area (Å²) in [6.07, 6.45) is 0. The Bertz CT molecular complexity index is 418. The van der Waals surface area contributed by atoms with Crippen LogP contribution in [0.5, 0.6) is 0 Å². The van der Waals surface area contributed by atoms with E-state index in [1.807, 2.05) is 0 Å². The molecule has 0 aliphatic carbocycles. The molecule has 1 aromatic rings. The summed E-state index contributed by atoms with van der Waals surface area (Å²) in [6.45, 7) is 2.53. The van der Waals surface area contributed by atoms with E-state index in [-0.39, 0.29) is 22.2 Å². The highest BCUT2D eigenvalue weighted by molar-refractivity contribution is 6.32. The highest BCUT2D eigenvalue weighted by Gasteiger charge is 2.15. The van der Waals surface area contributed by atoms with Crippen LogP contribution in [0.2, 0.25) is 10.4 Å². The van der Waals surface area contributed by atoms with E-state index in [0.29, 0.717) is 13.2 Å². The van der Waals surface area contributed by atoms with E-state index >= 15 is 0 Å². The van der Waals surface area contributed by atoms with Crippen LogP contribution in [0.4, 0.5) is 5.82 Å². The monoisotopic (exact) mass is 293 g/mol. The van der Waals surface area contributed by atoms with Crippen LogP contribution in [0.25, 0.3) is 0 Å². The molecule has 0 radical (unpaired) electrons. The Kier molecular flexibility index (Phi) is 6.03. The minimum atomic E-state index is -0.535. The number of amides is 1. The lowest BCUT2D eigenvalue weighted by molar-refractivity contribution is -0.121. The van der Waals surface area contributed by atoms with E-state index in [1.165, 1.54) is 0 Å². The molecule has 0 spiro atoms. The fraction of sp³-hybridized carbons (Fsp3) is 0.556. The Morgan fingerprint density at radius 1 is 1.44 bits per heavy atom. The zero-order valence-electron chi connectivity index (χ0n) is 9.91. The first-order valence-electron chi connectivity index (χ1n) is 5.13. The van der Waals surface area contributed by atoms with E-state index in [0.717, 1.165) is 0 Å². The molecule has 0 saturated heterocycles. The van der Waals surface area contributed by atoms with Crippen molar-refractivity contribution in [1.29, 1.82) is 0 Å². The summed E-state index contributed by atoms with van der Waals surface area (Å²) < 4.78 is 4.82. The van der Waals surface area contributed by atoms with Crippen LogP contribution in [-0.2, 0) is 9.53 Å². The molecule has 1 aromatic heterocycles. The number of nitrogens with one attached hydrogen (secondary N) is 2. The summed E-state index contributed by atoms with van der Waals surface area (Å²) in [5.74, 6) is 0.00362. The van der Waals surface area contributed by atoms with Gasteiger partial charge in [-0.25, -0.2) is 0 Å². The summed E-state index contributed by atoms with van der Waals surface area (Å²) in [6, 6.07) is -0.535. The Morgan fingerprint density at radius 3 is 2.83 bits per heavy atom. The maximum Gasteiger partial charge on any atom is 0.245 e. The molecular formula is C9H13Cl2N5O2. The number of nitrogens with zero attached hydrogens (tertiary/aromatic N) is 3. The van der Waals surface area contributed by atoms with Gasteiger partial charge >= 0.3 is 0 Å². The van der Waals surface area contributed by atoms with E-state index in [9.17, 15) is 4.79 Å². The van der Waals surface area contributed by atoms with Gasteiger partial charge in [-0.3, -0.25) is 4.79 Å². The lowest BCUT2D eigenvalue weighted by Gasteiger charge is -2.14. The van der Waals surface area contributed by atoms with E-state index < -0.39 is 6.04 Å². The molecule has 1 amide bonds. The predicted molar refractivity (Wildman–Crippen MR) is 67.8 cm³/mol. The van der Waals surface area contributed by atoms with Crippen LogP contribution in [0.1, 0.15) is 6.92 Å². The standard InChI is InChI=1S/C9H13Cl2N5O2/c1-5(8(17)12-3-4-18-2)13-7-6(10)15-16-9(11)14-7/h5H,3-4H2,1-2H3,(H,12,17)(H,13,14,16). The highest BCUT2D eigenvalue weighted by atomic mass is 35.5. The molecule has 1 atom stereocenters. The second-order valence-corrected chi connectivity index (χ2v) is 4.07. The molecule has 0 aliphatic rings. The maximum absolute atomic E-state index is 11.6. The molecule has 1 heterocycles. The molecule has 0 fully saturated rings. The molecule has 7 nitrogen and oxygen atoms in total. The van der Waals surface area contributed by atoms with Crippen molar-refractivity contribution in [3.05, 3.63) is 10.4 Å². The van der Waals surface area contributed by atoms with Crippen molar-refractivity contribution < 1.29 is 9.53 Å². The molecule has 100 valence electrons. The Morgan fingerprint density at radius 2 is 2.17 bits per heavy atom. The van der Waals surface area contributed by atoms with Crippen LogP contribution >= 0.6 is 23.2 Å². The molecule has 9 heteroatoms. The quantitative estimate of drug-likeness (QED) is 0.752. The minimum Gasteiger partial charge on any atom is -0.383 e. The van der Waals surface area contributed by atoms with Gasteiger partial charge in [0.05, 0.1) is 6.61 Å². The number of ether oxygens (including phenoxy) is 1. The summed E-state index contributed by atoms with van der Waals surface area (Å²) >= 11 is 11.3. The third-order valence-corrected chi connectivity index (χ3v) is 2.39. The van der Waals surface area contributed by atoms with Gasteiger partial charge in [0.15, 0.2) is 11.0 Å². The third-order valence-electron chi connectivity index (χ3n) is 1.97. The normalized spacial score (nSPS) is 12.0. The van der Waals surface area contributed by atoms with Crippen molar-refractivity contribution in [3.63, 3.8) is 0 Å². The zero-order valence-corrected chi connectivity index (χ0v) is 11.4. The first kappa shape index (κ1) is 14.9. The summed E-state index contributed by atoms with van der Waals surface area (Å²) in [4.78, 5) is 15.5. The zero-order chi connectivity index (χ0) is 13.5. The number of carbonyl (C=O) groups excluding carboxylic acids is 1. The first-order chi connectivity index (χ1) is 8.54. The van der Waals surface area contributed by atoms with Crippen molar-refractivity contribution in [1.82, 2.24) is 20.5 Å². The molecule has 0 bridgehead atoms. The Hall–Kier alpha value is -1.18. The molecule has 1 rings (SSSR count). The van der Waals surface area contributed by atoms with Crippen LogP contribution in [0.15, 0.2) is 0 Å². The average Bonchev–Trinajstić information content (AvgIpc) is 2.34. The molecular weight excluding hydrogens is 281 g/mol. The van der Waals surface area contributed by atoms with Gasteiger partial charge in [0, 0.05) is 13.7 Å². The third kappa shape index (κ3) is 4.59. The summed E-state index contributed by atoms with van der Waals surface area (Å²) in [7, 11) is 1.56. The Balaban J connectivity index is 2.55. The number of hydrogen-bond donors (Lipinski definition) is 2. The van der Waals surface area contributed by atoms with E-state index in [4.69, 9.17) is 27.9 Å². The Labute approximate surface area is 114 Å². The molecule has 0 aromatic carbocycles. The number of methoxy groups -OCH3 is 1. The van der Waals surface area contributed by atoms with Crippen molar-refractivity contribution in [2.45, 2.75) is 13.0 Å². The summed E-state index contributed by atoms with van der Waals surface area (Å²) in [5, 5.41) is 12.5. The predicted octanol–water partition coefficient (Wildman–Crippen LogP) is 0.741. The van der Waals surface area contributed by atoms with Crippen molar-refractivity contribution in [2.24, 2.45) is 0 Å². The lowest BCUT2D eigenvalue weighted by atomic mass is 10.3. The minimum absolute atomic E-state index is 0.0473. The van der Waals surface area contributed by atoms with Crippen molar-refractivity contribution in [2.75, 3.05) is 25.6 Å². The number of hydrogen-bond acceptors (Lipinski definition) is 6. The number of rotatable bonds is 6. The topological polar surface area (TPSA) is 89.0 Å². The largest absolute Gasteiger partial charge is 0.383 e. The van der Waals surface area contributed by atoms with Gasteiger partial charge < -0.3 is 15.4 Å². The van der Waals surface area contributed by atoms with E-state index in [1.54, 1.807) is 14.0 Å². The van der Waals surface area contributed by atoms with Gasteiger partial charge in [0.2, 0.25) is 11.2 Å². The molecule has 0 saturated carbocycles. The first-order valence-corrected chi connectivity index (χ1v) is 5.89. The van der Waals surface area contributed by atoms with Gasteiger partial charge in [-0.15, -0.1) is 10.2 Å². The molecule has 18 heavy (non-hydrogen) atoms. The fourth-order valence-electron chi connectivity index (χ4n) is 1.09. The SMILES string of the molecule is COCCNC(=O)C(C)Nc1nc(Cl)nnc1Cl. The van der Waals surface area contributed by atoms with Crippen LogP contribution in [0.3, 0.4) is 0 Å². The number of anilines is 1. The summed E-state index contributed by atoms with van der Waals surface area (Å²) in [5.41, 5.74) is 0. The van der Waals surface area contributed by atoms with Crippen LogP contribution < -0.4 is 10.6 Å². The van der Waals surface area contributed by atoms with Gasteiger partial charge in [-0.1, -0.05) is 11.6 Å². The number of halogens is 2. The smallest absolute Gasteiger partial charge is 0.245 e. The van der Waals surface area contributed by atoms with Gasteiger partial charge in [-0.2, -0.15) is 4.98 Å². The van der Waals surface area contributed by atoms with Gasteiger partial charge in [0.25, 0.3) is 0 Å². The average molecular weight is 294 g/mol. The molecule has 0 aliphatic heterocycles. The number of carbonyl (C=O) groups is 1. The van der Waals surface area contributed by atoms with E-state index in [2.05, 4.69) is 25.8 Å². The van der Waals surface area contributed by atoms with Crippen molar-refractivity contribution in [3.8, 4) is 0 Å². The van der Waals surface area contributed by atoms with Crippen LogP contribution in [0, 0.1) is 0 Å². The molecule has 2 N–H and O–H groups in total. The van der Waals surface area contributed by atoms with Gasteiger partial charge in [0.1, 0.15) is 6.04 Å². The molecule has 1 unspecified atom stereocenters. The lowest BCUT2D eigenvalue weighted by Crippen LogP contribution is -2.39. The van der Waals surface area contributed by atoms with Gasteiger partial charge in [-0.05, 0) is 18.5 Å². The second kappa shape index (κ2) is 7.30. The van der Waals surface area contributed by atoms with Crippen molar-refractivity contribution >= 4 is 34.9 Å². The fourth-order valence-corrected chi connectivity index (χ4v) is 1.34. The highest BCUT2D eigenvalue weighted by Crippen LogP contribution is 2.17. The van der Waals surface area contributed by atoms with Crippen LogP contribution in [-0.4, -0.2) is 47.4 Å². The second-order valence-electron chi connectivity index (χ2n) is 3.37.